The smallest absolute Gasteiger partial charge is 0.136 e. The van der Waals surface area contributed by atoms with Crippen LogP contribution in [-0.2, 0) is 0 Å². The number of benzene rings is 7. The van der Waals surface area contributed by atoms with Crippen LogP contribution in [0.4, 0.5) is 0 Å². The minimum Gasteiger partial charge on any atom is -0.456 e. The van der Waals surface area contributed by atoms with E-state index < -0.39 is 0 Å². The van der Waals surface area contributed by atoms with Gasteiger partial charge in [0, 0.05) is 21.7 Å². The topological polar surface area (TPSA) is 26.3 Å². The van der Waals surface area contributed by atoms with E-state index in [1.807, 2.05) is 12.1 Å². The Kier molecular flexibility index (Phi) is 4.36. The Balaban J connectivity index is 1.42. The van der Waals surface area contributed by atoms with Crippen LogP contribution in [0.2, 0.25) is 0 Å². The maximum Gasteiger partial charge on any atom is 0.136 e. The molecule has 0 amide bonds. The van der Waals surface area contributed by atoms with Crippen LogP contribution < -0.4 is 0 Å². The molecule has 2 aromatic heterocycles. The standard InChI is InChI=1S/C38H22O2/c1-2-11-24-21-34-25(20-23(24)10-1)22-35(40-34)37-28-14-5-3-12-26(28)36(27-13-4-6-15-29(27)37)31-17-9-19-33-38(31)30-16-7-8-18-32(30)39-33/h1-22H. The van der Waals surface area contributed by atoms with Crippen LogP contribution in [0.25, 0.3) is 87.7 Å². The van der Waals surface area contributed by atoms with Crippen LogP contribution in [0.1, 0.15) is 0 Å². The quantitative estimate of drug-likeness (QED) is 0.216. The summed E-state index contributed by atoms with van der Waals surface area (Å²) in [6.45, 7) is 0. The second kappa shape index (κ2) is 8.08. The van der Waals surface area contributed by atoms with E-state index in [1.54, 1.807) is 0 Å². The van der Waals surface area contributed by atoms with Gasteiger partial charge in [0.25, 0.3) is 0 Å². The van der Waals surface area contributed by atoms with Crippen LogP contribution in [0.3, 0.4) is 0 Å². The van der Waals surface area contributed by atoms with E-state index in [9.17, 15) is 0 Å². The Hall–Kier alpha value is -5.34. The molecule has 186 valence electrons. The third-order valence-electron chi connectivity index (χ3n) is 8.23. The van der Waals surface area contributed by atoms with Crippen molar-refractivity contribution >= 4 is 65.2 Å². The van der Waals surface area contributed by atoms with Gasteiger partial charge < -0.3 is 8.83 Å². The third kappa shape index (κ3) is 2.99. The zero-order valence-corrected chi connectivity index (χ0v) is 21.5. The van der Waals surface area contributed by atoms with Crippen molar-refractivity contribution in [3.05, 3.63) is 133 Å². The van der Waals surface area contributed by atoms with Crippen molar-refractivity contribution in [1.82, 2.24) is 0 Å². The summed E-state index contributed by atoms with van der Waals surface area (Å²) in [6.07, 6.45) is 0. The molecule has 0 spiro atoms. The predicted molar refractivity (Wildman–Crippen MR) is 167 cm³/mol. The fourth-order valence-corrected chi connectivity index (χ4v) is 6.52. The van der Waals surface area contributed by atoms with E-state index in [1.165, 1.54) is 43.4 Å². The highest BCUT2D eigenvalue weighted by molar-refractivity contribution is 6.25. The first-order chi connectivity index (χ1) is 19.8. The Morgan fingerprint density at radius 2 is 0.925 bits per heavy atom. The fourth-order valence-electron chi connectivity index (χ4n) is 6.52. The van der Waals surface area contributed by atoms with Crippen LogP contribution in [0.15, 0.2) is 142 Å². The van der Waals surface area contributed by atoms with Gasteiger partial charge in [-0.25, -0.2) is 0 Å². The summed E-state index contributed by atoms with van der Waals surface area (Å²) < 4.78 is 12.9. The van der Waals surface area contributed by atoms with E-state index in [0.717, 1.165) is 44.2 Å². The van der Waals surface area contributed by atoms with Crippen LogP contribution in [0, 0.1) is 0 Å². The Morgan fingerprint density at radius 3 is 1.65 bits per heavy atom. The van der Waals surface area contributed by atoms with Gasteiger partial charge in [-0.3, -0.25) is 0 Å². The lowest BCUT2D eigenvalue weighted by molar-refractivity contribution is 0.633. The summed E-state index contributed by atoms with van der Waals surface area (Å²) in [7, 11) is 0. The molecule has 0 aliphatic heterocycles. The molecule has 2 heterocycles. The Labute approximate surface area is 229 Å². The first-order valence-corrected chi connectivity index (χ1v) is 13.6. The molecule has 40 heavy (non-hydrogen) atoms. The van der Waals surface area contributed by atoms with E-state index >= 15 is 0 Å². The van der Waals surface area contributed by atoms with Gasteiger partial charge in [-0.15, -0.1) is 0 Å². The summed E-state index contributed by atoms with van der Waals surface area (Å²) >= 11 is 0. The first kappa shape index (κ1) is 21.6. The monoisotopic (exact) mass is 510 g/mol. The zero-order chi connectivity index (χ0) is 26.2. The Bertz CT molecular complexity index is 2330. The van der Waals surface area contributed by atoms with Gasteiger partial charge in [-0.2, -0.15) is 0 Å². The second-order valence-electron chi connectivity index (χ2n) is 10.5. The molecule has 7 aromatic carbocycles. The van der Waals surface area contributed by atoms with Crippen molar-refractivity contribution in [3.63, 3.8) is 0 Å². The highest BCUT2D eigenvalue weighted by Crippen LogP contribution is 2.47. The summed E-state index contributed by atoms with van der Waals surface area (Å²) in [6, 6.07) is 47.1. The zero-order valence-electron chi connectivity index (χ0n) is 21.5. The lowest BCUT2D eigenvalue weighted by atomic mass is 9.86. The van der Waals surface area contributed by atoms with Gasteiger partial charge >= 0.3 is 0 Å². The van der Waals surface area contributed by atoms with Gasteiger partial charge in [-0.05, 0) is 73.8 Å². The molecule has 0 saturated heterocycles. The Morgan fingerprint density at radius 1 is 0.350 bits per heavy atom. The van der Waals surface area contributed by atoms with Gasteiger partial charge in [0.2, 0.25) is 0 Å². The molecule has 0 aliphatic carbocycles. The highest BCUT2D eigenvalue weighted by atomic mass is 16.3. The third-order valence-corrected chi connectivity index (χ3v) is 8.23. The predicted octanol–water partition coefficient (Wildman–Crippen LogP) is 11.1. The largest absolute Gasteiger partial charge is 0.456 e. The molecule has 0 radical (unpaired) electrons. The second-order valence-corrected chi connectivity index (χ2v) is 10.5. The summed E-state index contributed by atoms with van der Waals surface area (Å²) in [5.41, 5.74) is 6.23. The molecule has 9 rings (SSSR count). The highest BCUT2D eigenvalue weighted by Gasteiger charge is 2.21. The number of para-hydroxylation sites is 1. The van der Waals surface area contributed by atoms with Crippen LogP contribution in [-0.4, -0.2) is 0 Å². The lowest BCUT2D eigenvalue weighted by Gasteiger charge is -2.17. The molecule has 0 bridgehead atoms. The molecular weight excluding hydrogens is 488 g/mol. The number of fused-ring (bicyclic) bond motifs is 7. The molecule has 2 nitrogen and oxygen atoms in total. The van der Waals surface area contributed by atoms with Crippen LogP contribution >= 0.6 is 0 Å². The molecule has 0 aliphatic rings. The molecule has 0 unspecified atom stereocenters. The number of hydrogen-bond donors (Lipinski definition) is 0. The summed E-state index contributed by atoms with van der Waals surface area (Å²) in [5, 5.41) is 10.5. The van der Waals surface area contributed by atoms with Gasteiger partial charge in [-0.1, -0.05) is 103 Å². The van der Waals surface area contributed by atoms with Crippen LogP contribution in [0.5, 0.6) is 0 Å². The molecule has 2 heteroatoms. The average Bonchev–Trinajstić information content (AvgIpc) is 3.59. The average molecular weight is 511 g/mol. The molecule has 9 aromatic rings. The van der Waals surface area contributed by atoms with E-state index in [4.69, 9.17) is 8.83 Å². The first-order valence-electron chi connectivity index (χ1n) is 13.6. The fraction of sp³-hybridized carbons (Fsp3) is 0. The van der Waals surface area contributed by atoms with Crippen molar-refractivity contribution < 1.29 is 8.83 Å². The minimum atomic E-state index is 0.885. The maximum absolute atomic E-state index is 6.62. The van der Waals surface area contributed by atoms with Crippen molar-refractivity contribution in [2.24, 2.45) is 0 Å². The molecule has 0 saturated carbocycles. The van der Waals surface area contributed by atoms with Gasteiger partial charge in [0.05, 0.1) is 0 Å². The van der Waals surface area contributed by atoms with E-state index in [-0.39, 0.29) is 0 Å². The minimum absolute atomic E-state index is 0.885. The van der Waals surface area contributed by atoms with Crippen molar-refractivity contribution in [1.29, 1.82) is 0 Å². The molecule has 0 atom stereocenters. The van der Waals surface area contributed by atoms with E-state index in [2.05, 4.69) is 121 Å². The van der Waals surface area contributed by atoms with Gasteiger partial charge in [0.1, 0.15) is 22.5 Å². The van der Waals surface area contributed by atoms with Crippen molar-refractivity contribution in [2.45, 2.75) is 0 Å². The number of hydrogen-bond acceptors (Lipinski definition) is 2. The van der Waals surface area contributed by atoms with Crippen molar-refractivity contribution in [2.75, 3.05) is 0 Å². The normalized spacial score (nSPS) is 12.0. The summed E-state index contributed by atoms with van der Waals surface area (Å²) in [4.78, 5) is 0. The maximum atomic E-state index is 6.62. The molecule has 0 fully saturated rings. The SMILES string of the molecule is c1ccc2cc3oc(-c4c5ccccc5c(-c5cccc6oc7ccccc7c56)c5ccccc45)cc3cc2c1. The van der Waals surface area contributed by atoms with Crippen molar-refractivity contribution in [3.8, 4) is 22.5 Å². The molecule has 0 N–H and O–H groups in total. The number of rotatable bonds is 2. The van der Waals surface area contributed by atoms with Gasteiger partial charge in [0.15, 0.2) is 0 Å². The lowest BCUT2D eigenvalue weighted by Crippen LogP contribution is -1.90. The van der Waals surface area contributed by atoms with E-state index in [0.29, 0.717) is 0 Å². The summed E-state index contributed by atoms with van der Waals surface area (Å²) in [5.74, 6) is 0.885. The molecular formula is C38H22O2. The number of furan rings is 2.